The van der Waals surface area contributed by atoms with Crippen LogP contribution in [0.15, 0.2) is 60.9 Å². The summed E-state index contributed by atoms with van der Waals surface area (Å²) in [5.74, 6) is 0.940. The van der Waals surface area contributed by atoms with Gasteiger partial charge in [0.2, 0.25) is 0 Å². The number of piperazine rings is 1. The van der Waals surface area contributed by atoms with E-state index in [1.807, 2.05) is 48.7 Å². The van der Waals surface area contributed by atoms with Crippen molar-refractivity contribution in [1.29, 1.82) is 0 Å². The van der Waals surface area contributed by atoms with Crippen molar-refractivity contribution in [3.05, 3.63) is 83.2 Å². The van der Waals surface area contributed by atoms with E-state index in [1.165, 1.54) is 10.2 Å². The summed E-state index contributed by atoms with van der Waals surface area (Å²) in [6.07, 6.45) is 9.43. The molecule has 41 heavy (non-hydrogen) atoms. The molecule has 0 atom stereocenters. The molecule has 2 aromatic heterocycles. The van der Waals surface area contributed by atoms with Crippen LogP contribution >= 0.6 is 0 Å². The van der Waals surface area contributed by atoms with Gasteiger partial charge >= 0.3 is 0 Å². The lowest BCUT2D eigenvalue weighted by atomic mass is 9.90. The van der Waals surface area contributed by atoms with Gasteiger partial charge in [-0.15, -0.1) is 5.10 Å². The number of likely N-dealkylation sites (N-methyl/N-ethyl adjacent to an activating group) is 1. The first-order valence-corrected chi connectivity index (χ1v) is 13.8. The molecule has 0 bridgehead atoms. The van der Waals surface area contributed by atoms with Crippen molar-refractivity contribution in [3.8, 4) is 23.0 Å². The van der Waals surface area contributed by atoms with Crippen LogP contribution in [0.4, 0.5) is 11.5 Å². The van der Waals surface area contributed by atoms with Crippen molar-refractivity contribution < 1.29 is 9.53 Å². The Morgan fingerprint density at radius 3 is 2.63 bits per heavy atom. The van der Waals surface area contributed by atoms with Crippen LogP contribution in [0.5, 0.6) is 5.75 Å². The summed E-state index contributed by atoms with van der Waals surface area (Å²) in [6, 6.07) is 13.7. The number of carbonyl (C=O) groups is 1. The van der Waals surface area contributed by atoms with Crippen molar-refractivity contribution in [1.82, 2.24) is 29.5 Å². The van der Waals surface area contributed by atoms with Crippen LogP contribution in [-0.4, -0.2) is 82.3 Å². The molecule has 1 fully saturated rings. The minimum Gasteiger partial charge on any atom is -0.497 e. The predicted molar refractivity (Wildman–Crippen MR) is 160 cm³/mol. The maximum Gasteiger partial charge on any atom is 0.261 e. The Bertz CT molecular complexity index is 1590. The molecule has 3 N–H and O–H groups in total. The lowest BCUT2D eigenvalue weighted by Crippen LogP contribution is -2.44. The summed E-state index contributed by atoms with van der Waals surface area (Å²) >= 11 is 0. The van der Waals surface area contributed by atoms with E-state index in [-0.39, 0.29) is 17.3 Å². The molecule has 10 nitrogen and oxygen atoms in total. The largest absolute Gasteiger partial charge is 0.497 e. The third-order valence-electron chi connectivity index (χ3n) is 7.71. The van der Waals surface area contributed by atoms with E-state index in [0.717, 1.165) is 73.7 Å². The molecule has 10 heteroatoms. The predicted octanol–water partition coefficient (Wildman–Crippen LogP) is 3.53. The van der Waals surface area contributed by atoms with Crippen LogP contribution in [0.25, 0.3) is 23.3 Å². The Labute approximate surface area is 239 Å². The van der Waals surface area contributed by atoms with Gasteiger partial charge < -0.3 is 20.7 Å². The number of carbonyl (C=O) groups excluding carboxylic acids is 1. The number of ether oxygens (including phenoxy) is 1. The number of rotatable bonds is 7. The van der Waals surface area contributed by atoms with Crippen LogP contribution in [0.1, 0.15) is 27.0 Å². The third-order valence-corrected chi connectivity index (χ3v) is 7.71. The number of nitrogen functional groups attached to an aromatic ring is 1. The Balaban J connectivity index is 1.13. The number of hydrogen-bond donors (Lipinski definition) is 2. The molecule has 2 aromatic carbocycles. The van der Waals surface area contributed by atoms with Crippen LogP contribution < -0.4 is 15.8 Å². The fourth-order valence-corrected chi connectivity index (χ4v) is 5.24. The van der Waals surface area contributed by atoms with Gasteiger partial charge in [-0.2, -0.15) is 0 Å². The maximum atomic E-state index is 13.1. The first-order valence-electron chi connectivity index (χ1n) is 13.8. The van der Waals surface area contributed by atoms with Gasteiger partial charge in [-0.05, 0) is 66.9 Å². The molecule has 6 rings (SSSR count). The quantitative estimate of drug-likeness (QED) is 0.359. The highest BCUT2D eigenvalue weighted by Gasteiger charge is 2.21. The Hall–Kier alpha value is -4.54. The summed E-state index contributed by atoms with van der Waals surface area (Å²) < 4.78 is 6.84. The number of anilines is 2. The smallest absolute Gasteiger partial charge is 0.261 e. The Morgan fingerprint density at radius 2 is 1.85 bits per heavy atom. The van der Waals surface area contributed by atoms with E-state index in [4.69, 9.17) is 15.5 Å². The standard InChI is InChI=1S/C31H34N8O2/c1-37-14-16-38(17-15-37)13-3-4-21-5-9-24(10-6-21)34-30(40)27-20-39(36-29(27)32)31-33-19-23-8-7-22-18-25(41-2)11-12-26(22)28(23)35-31/h3-6,9-12,18-20H,7-8,13-17H2,1-2H3,(H2,32,36)(H,34,40)/b4-3+. The number of fused-ring (bicyclic) bond motifs is 3. The van der Waals surface area contributed by atoms with Crippen LogP contribution in [0.2, 0.25) is 0 Å². The van der Waals surface area contributed by atoms with Crippen molar-refractivity contribution in [2.75, 3.05) is 57.9 Å². The molecule has 0 unspecified atom stereocenters. The topological polar surface area (TPSA) is 114 Å². The molecule has 2 aliphatic rings. The van der Waals surface area contributed by atoms with Crippen molar-refractivity contribution in [2.24, 2.45) is 0 Å². The van der Waals surface area contributed by atoms with Crippen molar-refractivity contribution in [2.45, 2.75) is 12.8 Å². The molecule has 0 spiro atoms. The summed E-state index contributed by atoms with van der Waals surface area (Å²) in [4.78, 5) is 27.2. The van der Waals surface area contributed by atoms with E-state index in [2.05, 4.69) is 44.4 Å². The number of benzene rings is 2. The summed E-state index contributed by atoms with van der Waals surface area (Å²) in [5, 5.41) is 7.25. The van der Waals surface area contributed by atoms with E-state index in [9.17, 15) is 4.79 Å². The summed E-state index contributed by atoms with van der Waals surface area (Å²) in [7, 11) is 3.83. The van der Waals surface area contributed by atoms with E-state index in [1.54, 1.807) is 13.3 Å². The highest BCUT2D eigenvalue weighted by atomic mass is 16.5. The summed E-state index contributed by atoms with van der Waals surface area (Å²) in [6.45, 7) is 5.33. The van der Waals surface area contributed by atoms with Gasteiger partial charge in [0.25, 0.3) is 11.9 Å². The highest BCUT2D eigenvalue weighted by molar-refractivity contribution is 6.07. The Kier molecular flexibility index (Phi) is 7.49. The molecule has 1 aliphatic heterocycles. The highest BCUT2D eigenvalue weighted by Crippen LogP contribution is 2.34. The first-order chi connectivity index (χ1) is 20.0. The second kappa shape index (κ2) is 11.5. The van der Waals surface area contributed by atoms with Crippen LogP contribution in [0.3, 0.4) is 0 Å². The number of hydrogen-bond acceptors (Lipinski definition) is 8. The number of aryl methyl sites for hydroxylation is 2. The molecule has 1 amide bonds. The number of nitrogens with one attached hydrogen (secondary N) is 1. The normalized spacial score (nSPS) is 15.5. The monoisotopic (exact) mass is 550 g/mol. The van der Waals surface area contributed by atoms with E-state index >= 15 is 0 Å². The number of methoxy groups -OCH3 is 1. The van der Waals surface area contributed by atoms with Crippen molar-refractivity contribution in [3.63, 3.8) is 0 Å². The van der Waals surface area contributed by atoms with E-state index < -0.39 is 0 Å². The molecule has 1 saturated heterocycles. The molecule has 0 saturated carbocycles. The number of nitrogens with two attached hydrogens (primary N) is 1. The van der Waals surface area contributed by atoms with Crippen LogP contribution in [0, 0.1) is 0 Å². The molecule has 1 aliphatic carbocycles. The zero-order valence-electron chi connectivity index (χ0n) is 23.4. The van der Waals surface area contributed by atoms with Gasteiger partial charge in [0.15, 0.2) is 5.82 Å². The zero-order chi connectivity index (χ0) is 28.3. The van der Waals surface area contributed by atoms with Crippen molar-refractivity contribution >= 4 is 23.5 Å². The van der Waals surface area contributed by atoms with Gasteiger partial charge in [-0.1, -0.05) is 24.3 Å². The number of amides is 1. The van der Waals surface area contributed by atoms with Gasteiger partial charge in [0.1, 0.15) is 11.3 Å². The van der Waals surface area contributed by atoms with Crippen LogP contribution in [-0.2, 0) is 12.8 Å². The van der Waals surface area contributed by atoms with Gasteiger partial charge in [-0.25, -0.2) is 14.6 Å². The molecule has 4 aromatic rings. The molecule has 210 valence electrons. The van der Waals surface area contributed by atoms with E-state index in [0.29, 0.717) is 11.6 Å². The fourth-order valence-electron chi connectivity index (χ4n) is 5.24. The SMILES string of the molecule is COc1ccc2c(c1)CCc1cnc(-n3cc(C(=O)Nc4ccc(/C=C/CN5CCN(C)CC5)cc4)c(N)n3)nc1-2. The molecular weight excluding hydrogens is 516 g/mol. The average molecular weight is 551 g/mol. The molecule has 0 radical (unpaired) electrons. The Morgan fingerprint density at radius 1 is 1.07 bits per heavy atom. The zero-order valence-corrected chi connectivity index (χ0v) is 23.4. The van der Waals surface area contributed by atoms with Gasteiger partial charge in [-0.3, -0.25) is 9.69 Å². The minimum atomic E-state index is -0.345. The fraction of sp³-hybridized carbons (Fsp3) is 0.290. The third kappa shape index (κ3) is 5.84. The lowest BCUT2D eigenvalue weighted by molar-refractivity contribution is 0.102. The second-order valence-corrected chi connectivity index (χ2v) is 10.5. The summed E-state index contributed by atoms with van der Waals surface area (Å²) in [5.41, 5.74) is 12.3. The van der Waals surface area contributed by atoms with Gasteiger partial charge in [0, 0.05) is 56.4 Å². The number of nitrogens with zero attached hydrogens (tertiary/aromatic N) is 6. The van der Waals surface area contributed by atoms with Gasteiger partial charge in [0.05, 0.1) is 12.8 Å². The number of aromatic nitrogens is 4. The average Bonchev–Trinajstić information content (AvgIpc) is 3.40. The molecule has 3 heterocycles. The second-order valence-electron chi connectivity index (χ2n) is 10.5. The maximum absolute atomic E-state index is 13.1. The lowest BCUT2D eigenvalue weighted by Gasteiger charge is -2.31. The first kappa shape index (κ1) is 26.7. The molecular formula is C31H34N8O2. The minimum absolute atomic E-state index is 0.109.